The van der Waals surface area contributed by atoms with E-state index >= 15 is 0 Å². The van der Waals surface area contributed by atoms with Crippen LogP contribution in [0.2, 0.25) is 0 Å². The molecule has 31 heavy (non-hydrogen) atoms. The van der Waals surface area contributed by atoms with E-state index in [-0.39, 0.29) is 31.0 Å². The molecule has 0 unspecified atom stereocenters. The van der Waals surface area contributed by atoms with Crippen LogP contribution in [0.3, 0.4) is 0 Å². The first-order valence-corrected chi connectivity index (χ1v) is 10.1. The maximum atomic E-state index is 13.0. The molecular weight excluding hydrogens is 411 g/mol. The molecule has 4 heterocycles. The van der Waals surface area contributed by atoms with Gasteiger partial charge in [0.15, 0.2) is 5.69 Å². The third kappa shape index (κ3) is 3.55. The van der Waals surface area contributed by atoms with Gasteiger partial charge >= 0.3 is 6.18 Å². The van der Waals surface area contributed by atoms with Crippen molar-refractivity contribution in [3.8, 4) is 0 Å². The average molecular weight is 431 g/mol. The fraction of sp³-hybridized carbons (Fsp3) is 0.381. The molecule has 5 rings (SSSR count). The van der Waals surface area contributed by atoms with Crippen molar-refractivity contribution in [1.29, 1.82) is 0 Å². The molecule has 1 fully saturated rings. The Hall–Kier alpha value is -3.30. The Kier molecular flexibility index (Phi) is 4.53. The highest BCUT2D eigenvalue weighted by Gasteiger charge is 2.48. The minimum Gasteiger partial charge on any atom is -0.348 e. The number of hydrogen-bond donors (Lipinski definition) is 2. The fourth-order valence-corrected chi connectivity index (χ4v) is 4.27. The lowest BCUT2D eigenvalue weighted by molar-refractivity contribution is -0.198. The summed E-state index contributed by atoms with van der Waals surface area (Å²) in [6.07, 6.45) is -0.304. The van der Waals surface area contributed by atoms with Gasteiger partial charge in [0, 0.05) is 48.2 Å². The van der Waals surface area contributed by atoms with E-state index in [1.165, 1.54) is 0 Å². The first-order valence-electron chi connectivity index (χ1n) is 10.1. The topological polar surface area (TPSA) is 82.5 Å². The van der Waals surface area contributed by atoms with Gasteiger partial charge in [-0.2, -0.15) is 18.3 Å². The van der Waals surface area contributed by atoms with Crippen LogP contribution in [0.5, 0.6) is 0 Å². The van der Waals surface area contributed by atoms with Gasteiger partial charge in [0.1, 0.15) is 0 Å². The molecule has 0 saturated heterocycles. The van der Waals surface area contributed by atoms with Gasteiger partial charge < -0.3 is 14.6 Å². The van der Waals surface area contributed by atoms with Crippen LogP contribution in [0.15, 0.2) is 36.7 Å². The summed E-state index contributed by atoms with van der Waals surface area (Å²) < 4.78 is 39.9. The number of carbonyl (C=O) groups excluding carboxylic acids is 2. The zero-order valence-electron chi connectivity index (χ0n) is 16.4. The number of rotatable bonds is 3. The number of nitrogens with zero attached hydrogens (tertiary/aromatic N) is 3. The summed E-state index contributed by atoms with van der Waals surface area (Å²) in [5.74, 6) is -2.02. The monoisotopic (exact) mass is 431 g/mol. The molecule has 1 aliphatic carbocycles. The van der Waals surface area contributed by atoms with Crippen molar-refractivity contribution in [2.45, 2.75) is 38.0 Å². The molecule has 0 atom stereocenters. The summed E-state index contributed by atoms with van der Waals surface area (Å²) in [4.78, 5) is 27.3. The van der Waals surface area contributed by atoms with Gasteiger partial charge in [-0.25, -0.2) is 0 Å². The van der Waals surface area contributed by atoms with E-state index in [0.29, 0.717) is 24.1 Å². The molecule has 0 bridgehead atoms. The third-order valence-electron chi connectivity index (χ3n) is 6.12. The second kappa shape index (κ2) is 7.14. The van der Waals surface area contributed by atoms with E-state index in [1.54, 1.807) is 11.1 Å². The molecule has 7 nitrogen and oxygen atoms in total. The Balaban J connectivity index is 1.28. The molecule has 10 heteroatoms. The summed E-state index contributed by atoms with van der Waals surface area (Å²) in [6, 6.07) is 6.99. The van der Waals surface area contributed by atoms with Gasteiger partial charge in [0.25, 0.3) is 11.8 Å². The summed E-state index contributed by atoms with van der Waals surface area (Å²) >= 11 is 0. The van der Waals surface area contributed by atoms with E-state index in [0.717, 1.165) is 11.2 Å². The van der Waals surface area contributed by atoms with Gasteiger partial charge in [-0.1, -0.05) is 6.07 Å². The van der Waals surface area contributed by atoms with E-state index in [4.69, 9.17) is 0 Å². The second-order valence-electron chi connectivity index (χ2n) is 8.15. The zero-order valence-corrected chi connectivity index (χ0v) is 16.4. The standard InChI is InChI=1S/C21H20F3N5O2/c22-21(23,24)13-8-14(9-13)25-19(30)18-16-11-29(6-4-17(16)26-27-18)20(31)12-7-15-3-1-2-5-28(15)10-12/h1-3,5,7,10,13-14H,4,6,8-9,11H2,(H,25,30)(H,26,27). The second-order valence-corrected chi connectivity index (χ2v) is 8.15. The number of carbonyl (C=O) groups is 2. The fourth-order valence-electron chi connectivity index (χ4n) is 4.27. The number of halogens is 3. The predicted octanol–water partition coefficient (Wildman–Crippen LogP) is 2.93. The maximum Gasteiger partial charge on any atom is 0.391 e. The molecule has 2 amide bonds. The molecule has 1 aliphatic heterocycles. The number of nitrogens with one attached hydrogen (secondary N) is 2. The highest BCUT2D eigenvalue weighted by molar-refractivity contribution is 5.97. The summed E-state index contributed by atoms with van der Waals surface area (Å²) in [7, 11) is 0. The van der Waals surface area contributed by atoms with Crippen LogP contribution >= 0.6 is 0 Å². The Morgan fingerprint density at radius 2 is 2.03 bits per heavy atom. The molecule has 3 aromatic heterocycles. The third-order valence-corrected chi connectivity index (χ3v) is 6.12. The van der Waals surface area contributed by atoms with Crippen LogP contribution in [0.25, 0.3) is 5.52 Å². The largest absolute Gasteiger partial charge is 0.391 e. The minimum atomic E-state index is -4.22. The Labute approximate surface area is 175 Å². The van der Waals surface area contributed by atoms with E-state index < -0.39 is 24.0 Å². The number of aromatic nitrogens is 3. The molecule has 1 saturated carbocycles. The van der Waals surface area contributed by atoms with Gasteiger partial charge in [0.05, 0.1) is 18.0 Å². The Bertz CT molecular complexity index is 1130. The maximum absolute atomic E-state index is 13.0. The molecule has 0 radical (unpaired) electrons. The Morgan fingerprint density at radius 3 is 2.77 bits per heavy atom. The van der Waals surface area contributed by atoms with E-state index in [9.17, 15) is 22.8 Å². The lowest BCUT2D eigenvalue weighted by atomic mass is 9.79. The van der Waals surface area contributed by atoms with Crippen molar-refractivity contribution in [2.75, 3.05) is 6.54 Å². The van der Waals surface area contributed by atoms with E-state index in [1.807, 2.05) is 34.9 Å². The van der Waals surface area contributed by atoms with Crippen LogP contribution in [0.4, 0.5) is 13.2 Å². The number of H-pyrrole nitrogens is 1. The summed E-state index contributed by atoms with van der Waals surface area (Å²) in [5.41, 5.74) is 3.00. The van der Waals surface area contributed by atoms with Gasteiger partial charge in [-0.05, 0) is 31.0 Å². The van der Waals surface area contributed by atoms with Gasteiger partial charge in [0.2, 0.25) is 0 Å². The first-order chi connectivity index (χ1) is 14.8. The van der Waals surface area contributed by atoms with Crippen LogP contribution in [0, 0.1) is 5.92 Å². The highest BCUT2D eigenvalue weighted by Crippen LogP contribution is 2.41. The smallest absolute Gasteiger partial charge is 0.348 e. The SMILES string of the molecule is O=C(NC1CC(C(F)(F)F)C1)c1n[nH]c2c1CN(C(=O)c1cc3ccccn3c1)CC2. The Morgan fingerprint density at radius 1 is 1.23 bits per heavy atom. The van der Waals surface area contributed by atoms with Crippen molar-refractivity contribution >= 4 is 17.3 Å². The lowest BCUT2D eigenvalue weighted by Crippen LogP contribution is -2.49. The number of hydrogen-bond acceptors (Lipinski definition) is 3. The molecule has 0 aromatic carbocycles. The van der Waals surface area contributed by atoms with Crippen LogP contribution in [0.1, 0.15) is 44.9 Å². The van der Waals surface area contributed by atoms with E-state index in [2.05, 4.69) is 15.5 Å². The molecule has 0 spiro atoms. The lowest BCUT2D eigenvalue weighted by Gasteiger charge is -2.36. The number of fused-ring (bicyclic) bond motifs is 2. The average Bonchev–Trinajstić information content (AvgIpc) is 3.32. The minimum absolute atomic E-state index is 0.116. The highest BCUT2D eigenvalue weighted by atomic mass is 19.4. The van der Waals surface area contributed by atoms with Gasteiger partial charge in [-0.15, -0.1) is 0 Å². The number of pyridine rings is 1. The normalized spacial score (nSPS) is 20.9. The van der Waals surface area contributed by atoms with Crippen LogP contribution < -0.4 is 5.32 Å². The summed E-state index contributed by atoms with van der Waals surface area (Å²) in [5, 5.41) is 9.55. The summed E-state index contributed by atoms with van der Waals surface area (Å²) in [6.45, 7) is 0.701. The predicted molar refractivity (Wildman–Crippen MR) is 104 cm³/mol. The molecule has 162 valence electrons. The molecule has 3 aromatic rings. The van der Waals surface area contributed by atoms with Crippen molar-refractivity contribution in [3.05, 3.63) is 59.2 Å². The zero-order chi connectivity index (χ0) is 21.8. The molecular formula is C21H20F3N5O2. The van der Waals surface area contributed by atoms with Crippen molar-refractivity contribution in [3.63, 3.8) is 0 Å². The number of alkyl halides is 3. The molecule has 2 N–H and O–H groups in total. The first kappa shape index (κ1) is 19.7. The van der Waals surface area contributed by atoms with Crippen molar-refractivity contribution in [2.24, 2.45) is 5.92 Å². The van der Waals surface area contributed by atoms with Crippen LogP contribution in [-0.4, -0.2) is 50.1 Å². The quantitative estimate of drug-likeness (QED) is 0.669. The number of amides is 2. The number of aromatic amines is 1. The van der Waals surface area contributed by atoms with Crippen LogP contribution in [-0.2, 0) is 13.0 Å². The van der Waals surface area contributed by atoms with Gasteiger partial charge in [-0.3, -0.25) is 14.7 Å². The van der Waals surface area contributed by atoms with Crippen molar-refractivity contribution in [1.82, 2.24) is 24.8 Å². The van der Waals surface area contributed by atoms with Crippen molar-refractivity contribution < 1.29 is 22.8 Å². The molecule has 2 aliphatic rings.